The number of aromatic nitrogens is 2. The number of halogens is 1. The van der Waals surface area contributed by atoms with Crippen molar-refractivity contribution in [3.63, 3.8) is 0 Å². The number of anilines is 1. The summed E-state index contributed by atoms with van der Waals surface area (Å²) < 4.78 is 0. The fourth-order valence-corrected chi connectivity index (χ4v) is 2.76. The SMILES string of the molecule is CCc1c(Cl)ncnc1NCC1CCCCC1. The van der Waals surface area contributed by atoms with Crippen molar-refractivity contribution >= 4 is 17.4 Å². The van der Waals surface area contributed by atoms with E-state index in [2.05, 4.69) is 22.2 Å². The Balaban J connectivity index is 1.95. The molecular formula is C13H20ClN3. The first kappa shape index (κ1) is 12.6. The van der Waals surface area contributed by atoms with Gasteiger partial charge in [-0.2, -0.15) is 0 Å². The summed E-state index contributed by atoms with van der Waals surface area (Å²) in [4.78, 5) is 8.31. The molecule has 0 aliphatic heterocycles. The lowest BCUT2D eigenvalue weighted by Gasteiger charge is -2.22. The Labute approximate surface area is 108 Å². The van der Waals surface area contributed by atoms with Crippen molar-refractivity contribution in [1.82, 2.24) is 9.97 Å². The minimum atomic E-state index is 0.577. The summed E-state index contributed by atoms with van der Waals surface area (Å²) in [5.74, 6) is 1.71. The summed E-state index contributed by atoms with van der Waals surface area (Å²) in [6.45, 7) is 3.09. The Hall–Kier alpha value is -0.830. The fourth-order valence-electron chi connectivity index (χ4n) is 2.49. The lowest BCUT2D eigenvalue weighted by Crippen LogP contribution is -2.18. The number of nitrogens with one attached hydrogen (secondary N) is 1. The molecule has 1 N–H and O–H groups in total. The molecule has 0 atom stereocenters. The molecule has 1 saturated carbocycles. The highest BCUT2D eigenvalue weighted by Gasteiger charge is 2.14. The van der Waals surface area contributed by atoms with Crippen molar-refractivity contribution in [2.75, 3.05) is 11.9 Å². The van der Waals surface area contributed by atoms with Gasteiger partial charge in [0, 0.05) is 12.1 Å². The smallest absolute Gasteiger partial charge is 0.137 e. The van der Waals surface area contributed by atoms with Gasteiger partial charge in [-0.25, -0.2) is 9.97 Å². The third kappa shape index (κ3) is 3.32. The summed E-state index contributed by atoms with van der Waals surface area (Å²) in [6, 6.07) is 0. The fraction of sp³-hybridized carbons (Fsp3) is 0.692. The second kappa shape index (κ2) is 6.20. The molecule has 0 spiro atoms. The van der Waals surface area contributed by atoms with Crippen molar-refractivity contribution in [1.29, 1.82) is 0 Å². The van der Waals surface area contributed by atoms with Crippen molar-refractivity contribution in [3.05, 3.63) is 17.0 Å². The van der Waals surface area contributed by atoms with Crippen LogP contribution in [0.2, 0.25) is 5.15 Å². The van der Waals surface area contributed by atoms with Crippen LogP contribution in [0.4, 0.5) is 5.82 Å². The monoisotopic (exact) mass is 253 g/mol. The second-order valence-corrected chi connectivity index (χ2v) is 5.09. The first-order chi connectivity index (χ1) is 8.31. The maximum atomic E-state index is 6.06. The Kier molecular flexibility index (Phi) is 4.60. The molecule has 17 heavy (non-hydrogen) atoms. The van der Waals surface area contributed by atoms with Crippen LogP contribution in [0, 0.1) is 5.92 Å². The summed E-state index contributed by atoms with van der Waals surface area (Å²) >= 11 is 6.06. The van der Waals surface area contributed by atoms with E-state index in [1.54, 1.807) is 0 Å². The predicted octanol–water partition coefficient (Wildman–Crippen LogP) is 3.68. The quantitative estimate of drug-likeness (QED) is 0.832. The van der Waals surface area contributed by atoms with E-state index in [4.69, 9.17) is 11.6 Å². The molecule has 0 bridgehead atoms. The molecule has 1 heterocycles. The number of hydrogen-bond donors (Lipinski definition) is 1. The van der Waals surface area contributed by atoms with Crippen LogP contribution in [0.5, 0.6) is 0 Å². The molecule has 3 nitrogen and oxygen atoms in total. The van der Waals surface area contributed by atoms with Gasteiger partial charge in [-0.1, -0.05) is 37.8 Å². The highest BCUT2D eigenvalue weighted by atomic mass is 35.5. The van der Waals surface area contributed by atoms with Crippen molar-refractivity contribution < 1.29 is 0 Å². The van der Waals surface area contributed by atoms with Gasteiger partial charge >= 0.3 is 0 Å². The molecular weight excluding hydrogens is 234 g/mol. The molecule has 1 aromatic heterocycles. The van der Waals surface area contributed by atoms with Gasteiger partial charge in [0.1, 0.15) is 17.3 Å². The molecule has 0 unspecified atom stereocenters. The molecule has 0 saturated heterocycles. The van der Waals surface area contributed by atoms with Crippen molar-refractivity contribution in [3.8, 4) is 0 Å². The van der Waals surface area contributed by atoms with Gasteiger partial charge in [-0.15, -0.1) is 0 Å². The summed E-state index contributed by atoms with van der Waals surface area (Å²) in [6.07, 6.45) is 9.23. The van der Waals surface area contributed by atoms with Crippen LogP contribution in [0.25, 0.3) is 0 Å². The zero-order valence-corrected chi connectivity index (χ0v) is 11.1. The highest BCUT2D eigenvalue weighted by Crippen LogP contribution is 2.25. The van der Waals surface area contributed by atoms with E-state index in [-0.39, 0.29) is 0 Å². The molecule has 94 valence electrons. The standard InChI is InChI=1S/C13H20ClN3/c1-2-11-12(14)16-9-17-13(11)15-8-10-6-4-3-5-7-10/h9-10H,2-8H2,1H3,(H,15,16,17). The third-order valence-electron chi connectivity index (χ3n) is 3.53. The van der Waals surface area contributed by atoms with Crippen LogP contribution in [-0.2, 0) is 6.42 Å². The maximum absolute atomic E-state index is 6.06. The maximum Gasteiger partial charge on any atom is 0.137 e. The van der Waals surface area contributed by atoms with Crippen LogP contribution in [0.3, 0.4) is 0 Å². The van der Waals surface area contributed by atoms with Crippen LogP contribution < -0.4 is 5.32 Å². The minimum absolute atomic E-state index is 0.577. The first-order valence-corrected chi connectivity index (χ1v) is 6.92. The molecule has 1 aliphatic rings. The summed E-state index contributed by atoms with van der Waals surface area (Å²) in [5, 5.41) is 4.02. The number of nitrogens with zero attached hydrogens (tertiary/aromatic N) is 2. The van der Waals surface area contributed by atoms with Gasteiger partial charge in [-0.05, 0) is 25.2 Å². The van der Waals surface area contributed by atoms with Gasteiger partial charge in [0.25, 0.3) is 0 Å². The largest absolute Gasteiger partial charge is 0.369 e. The zero-order chi connectivity index (χ0) is 12.1. The normalized spacial score (nSPS) is 17.1. The van der Waals surface area contributed by atoms with Crippen LogP contribution >= 0.6 is 11.6 Å². The Morgan fingerprint density at radius 1 is 1.29 bits per heavy atom. The number of hydrogen-bond acceptors (Lipinski definition) is 3. The highest BCUT2D eigenvalue weighted by molar-refractivity contribution is 6.30. The van der Waals surface area contributed by atoms with E-state index in [1.165, 1.54) is 38.4 Å². The van der Waals surface area contributed by atoms with E-state index in [9.17, 15) is 0 Å². The molecule has 0 aromatic carbocycles. The lowest BCUT2D eigenvalue weighted by atomic mass is 9.89. The third-order valence-corrected chi connectivity index (χ3v) is 3.85. The molecule has 1 aromatic rings. The Morgan fingerprint density at radius 2 is 2.06 bits per heavy atom. The van der Waals surface area contributed by atoms with Crippen LogP contribution in [0.15, 0.2) is 6.33 Å². The van der Waals surface area contributed by atoms with Gasteiger partial charge in [0.2, 0.25) is 0 Å². The minimum Gasteiger partial charge on any atom is -0.369 e. The average molecular weight is 254 g/mol. The van der Waals surface area contributed by atoms with E-state index in [1.807, 2.05) is 0 Å². The number of rotatable bonds is 4. The van der Waals surface area contributed by atoms with E-state index in [0.717, 1.165) is 30.3 Å². The molecule has 0 amide bonds. The molecule has 1 fully saturated rings. The second-order valence-electron chi connectivity index (χ2n) is 4.73. The summed E-state index contributed by atoms with van der Waals surface area (Å²) in [5.41, 5.74) is 1.03. The zero-order valence-electron chi connectivity index (χ0n) is 10.4. The Bertz CT molecular complexity index is 362. The van der Waals surface area contributed by atoms with Crippen molar-refractivity contribution in [2.45, 2.75) is 45.4 Å². The van der Waals surface area contributed by atoms with Crippen LogP contribution in [0.1, 0.15) is 44.6 Å². The topological polar surface area (TPSA) is 37.8 Å². The van der Waals surface area contributed by atoms with Gasteiger partial charge in [0.15, 0.2) is 0 Å². The molecule has 1 aliphatic carbocycles. The predicted molar refractivity (Wildman–Crippen MR) is 71.5 cm³/mol. The van der Waals surface area contributed by atoms with Gasteiger partial charge < -0.3 is 5.32 Å². The Morgan fingerprint density at radius 3 is 2.76 bits per heavy atom. The first-order valence-electron chi connectivity index (χ1n) is 6.54. The average Bonchev–Trinajstić information content (AvgIpc) is 2.37. The summed E-state index contributed by atoms with van der Waals surface area (Å²) in [7, 11) is 0. The lowest BCUT2D eigenvalue weighted by molar-refractivity contribution is 0.373. The van der Waals surface area contributed by atoms with Gasteiger partial charge in [-0.3, -0.25) is 0 Å². The van der Waals surface area contributed by atoms with E-state index in [0.29, 0.717) is 5.15 Å². The molecule has 4 heteroatoms. The molecule has 2 rings (SSSR count). The van der Waals surface area contributed by atoms with Crippen molar-refractivity contribution in [2.24, 2.45) is 5.92 Å². The molecule has 0 radical (unpaired) electrons. The van der Waals surface area contributed by atoms with Crippen LogP contribution in [-0.4, -0.2) is 16.5 Å². The van der Waals surface area contributed by atoms with E-state index >= 15 is 0 Å². The van der Waals surface area contributed by atoms with Gasteiger partial charge in [0.05, 0.1) is 0 Å². The van der Waals surface area contributed by atoms with E-state index < -0.39 is 0 Å².